The van der Waals surface area contributed by atoms with Crippen molar-refractivity contribution >= 4 is 22.5 Å². The number of aryl methyl sites for hydroxylation is 1. The number of pyridine rings is 1. The maximum atomic E-state index is 13.3. The maximum Gasteiger partial charge on any atom is 0.251 e. The van der Waals surface area contributed by atoms with Gasteiger partial charge < -0.3 is 19.6 Å². The topological polar surface area (TPSA) is 75.1 Å². The minimum absolute atomic E-state index is 0.0211. The van der Waals surface area contributed by atoms with Crippen LogP contribution in [0, 0.1) is 0 Å². The van der Waals surface area contributed by atoms with Crippen LogP contribution >= 0.6 is 11.6 Å². The number of hydrogen-bond donors (Lipinski definition) is 1. The second-order valence-electron chi connectivity index (χ2n) is 10.1. The molecule has 1 saturated carbocycles. The van der Waals surface area contributed by atoms with Crippen molar-refractivity contribution in [3.05, 3.63) is 117 Å². The number of rotatable bonds is 2. The van der Waals surface area contributed by atoms with Gasteiger partial charge in [0.05, 0.1) is 28.8 Å². The van der Waals surface area contributed by atoms with Crippen LogP contribution in [-0.2, 0) is 19.2 Å². The molecule has 0 spiro atoms. The Morgan fingerprint density at radius 1 is 1.05 bits per heavy atom. The van der Waals surface area contributed by atoms with Gasteiger partial charge in [-0.3, -0.25) is 4.79 Å². The van der Waals surface area contributed by atoms with E-state index in [1.807, 2.05) is 64.7 Å². The van der Waals surface area contributed by atoms with Crippen LogP contribution in [0.25, 0.3) is 22.0 Å². The van der Waals surface area contributed by atoms with Gasteiger partial charge in [0.15, 0.2) is 0 Å². The van der Waals surface area contributed by atoms with E-state index in [2.05, 4.69) is 17.1 Å². The van der Waals surface area contributed by atoms with E-state index in [9.17, 15) is 4.79 Å². The normalized spacial score (nSPS) is 18.7. The van der Waals surface area contributed by atoms with Gasteiger partial charge in [-0.1, -0.05) is 41.9 Å². The molecule has 2 aliphatic rings. The lowest BCUT2D eigenvalue weighted by molar-refractivity contribution is 0.305. The van der Waals surface area contributed by atoms with Gasteiger partial charge in [-0.25, -0.2) is 4.98 Å². The maximum absolute atomic E-state index is 13.3. The van der Waals surface area contributed by atoms with Gasteiger partial charge in [0.1, 0.15) is 17.9 Å². The molecule has 1 atom stereocenters. The van der Waals surface area contributed by atoms with Crippen molar-refractivity contribution in [1.29, 1.82) is 0 Å². The first-order valence-corrected chi connectivity index (χ1v) is 12.8. The molecule has 1 unspecified atom stereocenters. The fourth-order valence-electron chi connectivity index (χ4n) is 5.59. The molecule has 5 aromatic rings. The summed E-state index contributed by atoms with van der Waals surface area (Å²) in [5.41, 5.74) is 12.7. The van der Waals surface area contributed by atoms with Crippen molar-refractivity contribution in [1.82, 2.24) is 14.1 Å². The van der Waals surface area contributed by atoms with E-state index in [1.165, 1.54) is 0 Å². The molecule has 0 radical (unpaired) electrons. The molecule has 3 heterocycles. The van der Waals surface area contributed by atoms with Gasteiger partial charge in [0.25, 0.3) is 5.56 Å². The molecule has 0 amide bonds. The Labute approximate surface area is 218 Å². The molecule has 6 bridgehead atoms. The average Bonchev–Trinajstić information content (AvgIpc) is 3.65. The molecular formula is C30H25ClN4O2. The molecule has 37 heavy (non-hydrogen) atoms. The molecule has 1 fully saturated rings. The lowest BCUT2D eigenvalue weighted by Gasteiger charge is -2.32. The van der Waals surface area contributed by atoms with E-state index < -0.39 is 5.54 Å². The lowest BCUT2D eigenvalue weighted by Crippen LogP contribution is -2.41. The van der Waals surface area contributed by atoms with Crippen LogP contribution in [0.5, 0.6) is 5.75 Å². The zero-order chi connectivity index (χ0) is 25.3. The highest BCUT2D eigenvalue weighted by atomic mass is 35.5. The average molecular weight is 509 g/mol. The van der Waals surface area contributed by atoms with Crippen molar-refractivity contribution in [2.75, 3.05) is 0 Å². The number of nitrogens with zero attached hydrogens (tertiary/aromatic N) is 3. The van der Waals surface area contributed by atoms with E-state index in [-0.39, 0.29) is 11.6 Å². The van der Waals surface area contributed by atoms with Crippen LogP contribution in [0.1, 0.15) is 41.3 Å². The van der Waals surface area contributed by atoms with Crippen molar-refractivity contribution in [3.63, 3.8) is 0 Å². The molecule has 7 rings (SSSR count). The zero-order valence-electron chi connectivity index (χ0n) is 20.3. The van der Waals surface area contributed by atoms with E-state index in [0.717, 1.165) is 57.3 Å². The monoisotopic (exact) mass is 508 g/mol. The Balaban J connectivity index is 1.61. The third kappa shape index (κ3) is 3.44. The summed E-state index contributed by atoms with van der Waals surface area (Å²) in [7, 11) is 1.94. The third-order valence-electron chi connectivity index (χ3n) is 7.66. The number of imidazole rings is 1. The number of halogens is 1. The van der Waals surface area contributed by atoms with Crippen molar-refractivity contribution in [2.24, 2.45) is 12.8 Å². The molecule has 184 valence electrons. The van der Waals surface area contributed by atoms with Crippen LogP contribution < -0.4 is 16.0 Å². The van der Waals surface area contributed by atoms with Crippen LogP contribution in [0.4, 0.5) is 0 Å². The Morgan fingerprint density at radius 3 is 2.65 bits per heavy atom. The van der Waals surface area contributed by atoms with Crippen molar-refractivity contribution < 1.29 is 4.74 Å². The first-order chi connectivity index (χ1) is 17.9. The van der Waals surface area contributed by atoms with Crippen molar-refractivity contribution in [3.8, 4) is 16.9 Å². The molecule has 6 nitrogen and oxygen atoms in total. The van der Waals surface area contributed by atoms with Crippen LogP contribution in [-0.4, -0.2) is 14.1 Å². The zero-order valence-corrected chi connectivity index (χ0v) is 21.1. The van der Waals surface area contributed by atoms with Gasteiger partial charge in [0.2, 0.25) is 0 Å². The van der Waals surface area contributed by atoms with Crippen LogP contribution in [0.2, 0.25) is 5.02 Å². The Bertz CT molecular complexity index is 1770. The molecular weight excluding hydrogens is 484 g/mol. The molecule has 1 aliphatic carbocycles. The Kier molecular flexibility index (Phi) is 4.87. The van der Waals surface area contributed by atoms with E-state index in [1.54, 1.807) is 18.6 Å². The van der Waals surface area contributed by atoms with E-state index in [4.69, 9.17) is 22.1 Å². The molecule has 2 aromatic heterocycles. The summed E-state index contributed by atoms with van der Waals surface area (Å²) in [6, 6.07) is 22.0. The lowest BCUT2D eigenvalue weighted by atomic mass is 9.80. The SMILES string of the molecule is Cn1cncc1C1(N)c2ccc(Cl)c(c2)OCc2cccc(c2)-c2cc(=O)n(C3CC3)c3ccc1cc23. The Hall–Kier alpha value is -3.87. The molecule has 0 saturated heterocycles. The first kappa shape index (κ1) is 22.3. The predicted octanol–water partition coefficient (Wildman–Crippen LogP) is 5.53. The molecule has 2 N–H and O–H groups in total. The highest BCUT2D eigenvalue weighted by molar-refractivity contribution is 6.32. The van der Waals surface area contributed by atoms with Gasteiger partial charge in [-0.2, -0.15) is 0 Å². The third-order valence-corrected chi connectivity index (χ3v) is 7.97. The van der Waals surface area contributed by atoms with Gasteiger partial charge in [-0.05, 0) is 71.0 Å². The second kappa shape index (κ2) is 8.07. The smallest absolute Gasteiger partial charge is 0.251 e. The summed E-state index contributed by atoms with van der Waals surface area (Å²) in [4.78, 5) is 17.7. The summed E-state index contributed by atoms with van der Waals surface area (Å²) in [6.45, 7) is 0.333. The largest absolute Gasteiger partial charge is 0.487 e. The van der Waals surface area contributed by atoms with Gasteiger partial charge in [0, 0.05) is 24.5 Å². The summed E-state index contributed by atoms with van der Waals surface area (Å²) < 4.78 is 10.1. The fraction of sp³-hybridized carbons (Fsp3) is 0.200. The summed E-state index contributed by atoms with van der Waals surface area (Å²) >= 11 is 6.56. The number of ether oxygens (including phenoxy) is 1. The van der Waals surface area contributed by atoms with Crippen molar-refractivity contribution in [2.45, 2.75) is 31.0 Å². The molecule has 1 aliphatic heterocycles. The summed E-state index contributed by atoms with van der Waals surface area (Å²) in [5, 5.41) is 1.51. The minimum atomic E-state index is -1.05. The highest BCUT2D eigenvalue weighted by Crippen LogP contribution is 2.42. The predicted molar refractivity (Wildman–Crippen MR) is 145 cm³/mol. The highest BCUT2D eigenvalue weighted by Gasteiger charge is 2.36. The van der Waals surface area contributed by atoms with Crippen LogP contribution in [0.15, 0.2) is 84.0 Å². The Morgan fingerprint density at radius 2 is 1.86 bits per heavy atom. The quantitative estimate of drug-likeness (QED) is 0.340. The summed E-state index contributed by atoms with van der Waals surface area (Å²) in [5.74, 6) is 0.563. The number of nitrogens with two attached hydrogens (primary N) is 1. The molecule has 7 heteroatoms. The van der Waals surface area contributed by atoms with Crippen LogP contribution in [0.3, 0.4) is 0 Å². The minimum Gasteiger partial charge on any atom is -0.487 e. The first-order valence-electron chi connectivity index (χ1n) is 12.4. The van der Waals surface area contributed by atoms with E-state index in [0.29, 0.717) is 17.4 Å². The number of aromatic nitrogens is 3. The number of benzene rings is 3. The standard InChI is InChI=1S/C30H25ClN4O2/c1-34-17-33-15-28(34)30(32)20-6-10-26-24(12-20)23(14-29(36)35(26)22-7-8-22)19-4-2-3-18(11-19)16-37-27-13-21(30)5-9-25(27)31/h2-6,9-15,17,22H,7-8,16,32H2,1H3. The molecule has 3 aromatic carbocycles. The fourth-order valence-corrected chi connectivity index (χ4v) is 5.77. The van der Waals surface area contributed by atoms with Gasteiger partial charge >= 0.3 is 0 Å². The summed E-state index contributed by atoms with van der Waals surface area (Å²) in [6.07, 6.45) is 5.59. The number of hydrogen-bond acceptors (Lipinski definition) is 4. The van der Waals surface area contributed by atoms with E-state index >= 15 is 0 Å². The second-order valence-corrected chi connectivity index (χ2v) is 10.5. The van der Waals surface area contributed by atoms with Gasteiger partial charge in [-0.15, -0.1) is 0 Å². The number of fused-ring (bicyclic) bond motifs is 6.